The molecule has 4 nitrogen and oxygen atoms in total. The third-order valence-electron chi connectivity index (χ3n) is 3.11. The van der Waals surface area contributed by atoms with Crippen molar-refractivity contribution in [3.8, 4) is 11.5 Å². The third kappa shape index (κ3) is 3.76. The summed E-state index contributed by atoms with van der Waals surface area (Å²) in [6.45, 7) is 0.259. The van der Waals surface area contributed by atoms with Crippen LogP contribution in [0.25, 0.3) is 0 Å². The van der Waals surface area contributed by atoms with Crippen LogP contribution < -0.4 is 14.8 Å². The van der Waals surface area contributed by atoms with E-state index in [0.717, 1.165) is 5.56 Å². The zero-order chi connectivity index (χ0) is 16.1. The lowest BCUT2D eigenvalue weighted by Gasteiger charge is -2.12. The number of carbonyl (C=O) groups excluding carboxylic acids is 1. The SMILES string of the molecule is COc1ccc(CNC(=O)c2cc(F)ccc2Br)c(OC)c1. The van der Waals surface area contributed by atoms with Gasteiger partial charge < -0.3 is 14.8 Å². The molecule has 0 bridgehead atoms. The topological polar surface area (TPSA) is 47.6 Å². The maximum Gasteiger partial charge on any atom is 0.252 e. The summed E-state index contributed by atoms with van der Waals surface area (Å²) in [4.78, 5) is 12.1. The molecule has 0 radical (unpaired) electrons. The summed E-state index contributed by atoms with van der Waals surface area (Å²) in [6.07, 6.45) is 0. The van der Waals surface area contributed by atoms with Gasteiger partial charge in [-0.1, -0.05) is 0 Å². The van der Waals surface area contributed by atoms with Gasteiger partial charge in [-0.2, -0.15) is 0 Å². The van der Waals surface area contributed by atoms with E-state index >= 15 is 0 Å². The largest absolute Gasteiger partial charge is 0.497 e. The van der Waals surface area contributed by atoms with E-state index in [-0.39, 0.29) is 18.0 Å². The number of ether oxygens (including phenoxy) is 2. The lowest BCUT2D eigenvalue weighted by molar-refractivity contribution is 0.0949. The summed E-state index contributed by atoms with van der Waals surface area (Å²) in [7, 11) is 3.11. The van der Waals surface area contributed by atoms with Crippen LogP contribution in [0.5, 0.6) is 11.5 Å². The number of hydrogen-bond donors (Lipinski definition) is 1. The molecule has 0 aliphatic rings. The second kappa shape index (κ2) is 7.26. The molecule has 6 heteroatoms. The Balaban J connectivity index is 2.12. The number of nitrogens with one attached hydrogen (secondary N) is 1. The van der Waals surface area contributed by atoms with E-state index in [9.17, 15) is 9.18 Å². The van der Waals surface area contributed by atoms with Crippen molar-refractivity contribution >= 4 is 21.8 Å². The van der Waals surface area contributed by atoms with E-state index in [1.807, 2.05) is 0 Å². The van der Waals surface area contributed by atoms with Crippen LogP contribution in [0.3, 0.4) is 0 Å². The van der Waals surface area contributed by atoms with Crippen molar-refractivity contribution in [2.45, 2.75) is 6.54 Å². The Morgan fingerprint density at radius 1 is 1.18 bits per heavy atom. The van der Waals surface area contributed by atoms with Crippen LogP contribution in [0, 0.1) is 5.82 Å². The summed E-state index contributed by atoms with van der Waals surface area (Å²) in [5.41, 5.74) is 1.04. The molecule has 0 aromatic heterocycles. The Bertz CT molecular complexity index is 691. The number of methoxy groups -OCH3 is 2. The third-order valence-corrected chi connectivity index (χ3v) is 3.80. The molecule has 0 fully saturated rings. The van der Waals surface area contributed by atoms with Gasteiger partial charge in [0.2, 0.25) is 0 Å². The standard InChI is InChI=1S/C16H15BrFNO3/c1-21-12-5-3-10(15(8-12)22-2)9-19-16(20)13-7-11(18)4-6-14(13)17/h3-8H,9H2,1-2H3,(H,19,20). The minimum Gasteiger partial charge on any atom is -0.497 e. The molecule has 0 unspecified atom stereocenters. The first-order valence-corrected chi connectivity index (χ1v) is 7.28. The molecule has 2 aromatic rings. The van der Waals surface area contributed by atoms with Crippen molar-refractivity contribution in [2.24, 2.45) is 0 Å². The first kappa shape index (κ1) is 16.3. The molecule has 0 saturated carbocycles. The summed E-state index contributed by atoms with van der Waals surface area (Å²) in [6, 6.07) is 9.29. The van der Waals surface area contributed by atoms with Crippen LogP contribution in [0.4, 0.5) is 4.39 Å². The van der Waals surface area contributed by atoms with E-state index in [0.29, 0.717) is 16.0 Å². The van der Waals surface area contributed by atoms with Crippen molar-refractivity contribution in [1.29, 1.82) is 0 Å². The predicted octanol–water partition coefficient (Wildman–Crippen LogP) is 3.54. The summed E-state index contributed by atoms with van der Waals surface area (Å²) in [5, 5.41) is 2.74. The number of benzene rings is 2. The van der Waals surface area contributed by atoms with Crippen LogP contribution in [0.15, 0.2) is 40.9 Å². The Kier molecular flexibility index (Phi) is 5.38. The van der Waals surface area contributed by atoms with E-state index in [2.05, 4.69) is 21.2 Å². The normalized spacial score (nSPS) is 10.2. The zero-order valence-electron chi connectivity index (χ0n) is 12.2. The molecule has 1 amide bonds. The molecule has 2 rings (SSSR count). The minimum atomic E-state index is -0.463. The van der Waals surface area contributed by atoms with Gasteiger partial charge in [0.25, 0.3) is 5.91 Å². The average Bonchev–Trinajstić information content (AvgIpc) is 2.54. The lowest BCUT2D eigenvalue weighted by Crippen LogP contribution is -2.23. The second-order valence-electron chi connectivity index (χ2n) is 4.48. The molecule has 0 saturated heterocycles. The van der Waals surface area contributed by atoms with E-state index in [1.54, 1.807) is 32.4 Å². The molecule has 22 heavy (non-hydrogen) atoms. The van der Waals surface area contributed by atoms with Crippen molar-refractivity contribution in [2.75, 3.05) is 14.2 Å². The molecule has 0 aliphatic carbocycles. The van der Waals surface area contributed by atoms with Crippen molar-refractivity contribution in [3.63, 3.8) is 0 Å². The molecular formula is C16H15BrFNO3. The van der Waals surface area contributed by atoms with Crippen LogP contribution in [-0.4, -0.2) is 20.1 Å². The smallest absolute Gasteiger partial charge is 0.252 e. The second-order valence-corrected chi connectivity index (χ2v) is 5.34. The number of halogens is 2. The lowest BCUT2D eigenvalue weighted by atomic mass is 10.1. The molecule has 1 N–H and O–H groups in total. The highest BCUT2D eigenvalue weighted by atomic mass is 79.9. The van der Waals surface area contributed by atoms with Crippen molar-refractivity contribution in [1.82, 2.24) is 5.32 Å². The summed E-state index contributed by atoms with van der Waals surface area (Å²) in [5.74, 6) is 0.442. The summed E-state index contributed by atoms with van der Waals surface area (Å²) >= 11 is 3.24. The Labute approximate surface area is 136 Å². The highest BCUT2D eigenvalue weighted by Crippen LogP contribution is 2.24. The van der Waals surface area contributed by atoms with Gasteiger partial charge in [0.1, 0.15) is 17.3 Å². The van der Waals surface area contributed by atoms with Gasteiger partial charge in [-0.3, -0.25) is 4.79 Å². The van der Waals surface area contributed by atoms with E-state index < -0.39 is 5.82 Å². The maximum absolute atomic E-state index is 13.2. The maximum atomic E-state index is 13.2. The van der Waals surface area contributed by atoms with Crippen LogP contribution in [0.1, 0.15) is 15.9 Å². The number of amides is 1. The van der Waals surface area contributed by atoms with Gasteiger partial charge in [0.15, 0.2) is 0 Å². The fourth-order valence-electron chi connectivity index (χ4n) is 1.94. The quantitative estimate of drug-likeness (QED) is 0.879. The van der Waals surface area contributed by atoms with Gasteiger partial charge in [-0.05, 0) is 46.3 Å². The zero-order valence-corrected chi connectivity index (χ0v) is 13.7. The van der Waals surface area contributed by atoms with Crippen LogP contribution in [0.2, 0.25) is 0 Å². The number of rotatable bonds is 5. The first-order chi connectivity index (χ1) is 10.5. The molecule has 0 aliphatic heterocycles. The van der Waals surface area contributed by atoms with Crippen LogP contribution >= 0.6 is 15.9 Å². The highest BCUT2D eigenvalue weighted by molar-refractivity contribution is 9.10. The number of hydrogen-bond acceptors (Lipinski definition) is 3. The molecule has 0 spiro atoms. The fourth-order valence-corrected chi connectivity index (χ4v) is 2.37. The van der Waals surface area contributed by atoms with Gasteiger partial charge in [-0.15, -0.1) is 0 Å². The average molecular weight is 368 g/mol. The van der Waals surface area contributed by atoms with E-state index in [1.165, 1.54) is 18.2 Å². The van der Waals surface area contributed by atoms with Crippen LogP contribution in [-0.2, 0) is 6.54 Å². The van der Waals surface area contributed by atoms with Gasteiger partial charge >= 0.3 is 0 Å². The first-order valence-electron chi connectivity index (χ1n) is 6.49. The van der Waals surface area contributed by atoms with E-state index in [4.69, 9.17) is 9.47 Å². The number of carbonyl (C=O) groups is 1. The van der Waals surface area contributed by atoms with Gasteiger partial charge in [-0.25, -0.2) is 4.39 Å². The monoisotopic (exact) mass is 367 g/mol. The predicted molar refractivity (Wildman–Crippen MR) is 84.8 cm³/mol. The van der Waals surface area contributed by atoms with Crippen molar-refractivity contribution < 1.29 is 18.7 Å². The molecule has 116 valence electrons. The Morgan fingerprint density at radius 3 is 2.64 bits per heavy atom. The molecule has 0 atom stereocenters. The molecule has 0 heterocycles. The minimum absolute atomic E-state index is 0.243. The molecule has 2 aromatic carbocycles. The summed E-state index contributed by atoms with van der Waals surface area (Å²) < 4.78 is 24.2. The Hall–Kier alpha value is -2.08. The fraction of sp³-hybridized carbons (Fsp3) is 0.188. The molecular weight excluding hydrogens is 353 g/mol. The highest BCUT2D eigenvalue weighted by Gasteiger charge is 2.12. The van der Waals surface area contributed by atoms with Gasteiger partial charge in [0, 0.05) is 22.6 Å². The van der Waals surface area contributed by atoms with Gasteiger partial charge in [0.05, 0.1) is 19.8 Å². The van der Waals surface area contributed by atoms with Crippen molar-refractivity contribution in [3.05, 3.63) is 57.8 Å². The Morgan fingerprint density at radius 2 is 1.95 bits per heavy atom.